The van der Waals surface area contributed by atoms with Gasteiger partial charge >= 0.3 is 0 Å². The van der Waals surface area contributed by atoms with Crippen LogP contribution in [0.5, 0.6) is 5.75 Å². The lowest BCUT2D eigenvalue weighted by atomic mass is 10.2. The van der Waals surface area contributed by atoms with Crippen molar-refractivity contribution in [2.75, 3.05) is 24.7 Å². The molecule has 1 saturated heterocycles. The highest BCUT2D eigenvalue weighted by Gasteiger charge is 2.16. The topological polar surface area (TPSA) is 41.5 Å². The van der Waals surface area contributed by atoms with E-state index < -0.39 is 6.10 Å². The minimum absolute atomic E-state index is 0.344. The fourth-order valence-corrected chi connectivity index (χ4v) is 2.95. The van der Waals surface area contributed by atoms with Gasteiger partial charge in [0.25, 0.3) is 0 Å². The molecule has 1 heterocycles. The van der Waals surface area contributed by atoms with Crippen LogP contribution in [0.3, 0.4) is 0 Å². The molecule has 17 heavy (non-hydrogen) atoms. The molecule has 1 aliphatic rings. The molecule has 1 aromatic carbocycles. The molecule has 0 radical (unpaired) electrons. The maximum absolute atomic E-state index is 9.78. The molecule has 1 aromatic rings. The Morgan fingerprint density at radius 2 is 2.24 bits per heavy atom. The van der Waals surface area contributed by atoms with Crippen molar-refractivity contribution in [3.63, 3.8) is 0 Å². The molecule has 0 spiro atoms. The number of para-hydroxylation sites is 1. The third-order valence-electron chi connectivity index (χ3n) is 2.76. The summed E-state index contributed by atoms with van der Waals surface area (Å²) in [6, 6.07) is 10.2. The lowest BCUT2D eigenvalue weighted by Gasteiger charge is -2.16. The van der Waals surface area contributed by atoms with Gasteiger partial charge in [0, 0.05) is 18.3 Å². The molecule has 2 N–H and O–H groups in total. The van der Waals surface area contributed by atoms with Crippen LogP contribution in [0.25, 0.3) is 0 Å². The Bertz CT molecular complexity index is 314. The number of nitrogens with one attached hydrogen (secondary N) is 1. The zero-order chi connectivity index (χ0) is 11.9. The van der Waals surface area contributed by atoms with E-state index in [1.54, 1.807) is 0 Å². The highest BCUT2D eigenvalue weighted by Crippen LogP contribution is 2.16. The zero-order valence-electron chi connectivity index (χ0n) is 9.84. The Morgan fingerprint density at radius 1 is 1.41 bits per heavy atom. The fourth-order valence-electron chi connectivity index (χ4n) is 1.77. The van der Waals surface area contributed by atoms with Gasteiger partial charge in [-0.05, 0) is 24.3 Å². The van der Waals surface area contributed by atoms with Crippen LogP contribution in [0.1, 0.15) is 6.42 Å². The van der Waals surface area contributed by atoms with E-state index in [0.29, 0.717) is 19.2 Å². The highest BCUT2D eigenvalue weighted by atomic mass is 32.2. The van der Waals surface area contributed by atoms with E-state index in [-0.39, 0.29) is 0 Å². The molecule has 0 aliphatic carbocycles. The average Bonchev–Trinajstić information content (AvgIpc) is 2.88. The lowest BCUT2D eigenvalue weighted by Crippen LogP contribution is -2.37. The molecule has 0 amide bonds. The second-order valence-electron chi connectivity index (χ2n) is 4.25. The Balaban J connectivity index is 1.62. The fraction of sp³-hybridized carbons (Fsp3) is 0.538. The molecule has 1 aliphatic heterocycles. The second-order valence-corrected chi connectivity index (χ2v) is 5.40. The van der Waals surface area contributed by atoms with Crippen molar-refractivity contribution in [2.24, 2.45) is 0 Å². The minimum Gasteiger partial charge on any atom is -0.491 e. The van der Waals surface area contributed by atoms with E-state index in [4.69, 9.17) is 4.74 Å². The molecule has 3 nitrogen and oxygen atoms in total. The Morgan fingerprint density at radius 3 is 2.94 bits per heavy atom. The molecule has 2 rings (SSSR count). The summed E-state index contributed by atoms with van der Waals surface area (Å²) in [5.41, 5.74) is 0. The number of rotatable bonds is 6. The van der Waals surface area contributed by atoms with Crippen LogP contribution in [0.4, 0.5) is 0 Å². The monoisotopic (exact) mass is 253 g/mol. The average molecular weight is 253 g/mol. The van der Waals surface area contributed by atoms with Crippen molar-refractivity contribution in [3.05, 3.63) is 30.3 Å². The number of thioether (sulfide) groups is 1. The number of hydrogen-bond donors (Lipinski definition) is 2. The van der Waals surface area contributed by atoms with Gasteiger partial charge in [-0.25, -0.2) is 0 Å². The first-order valence-electron chi connectivity index (χ1n) is 6.01. The predicted molar refractivity (Wildman–Crippen MR) is 71.7 cm³/mol. The van der Waals surface area contributed by atoms with Crippen LogP contribution >= 0.6 is 11.8 Å². The van der Waals surface area contributed by atoms with Gasteiger partial charge in [-0.2, -0.15) is 11.8 Å². The number of ether oxygens (including phenoxy) is 1. The molecular formula is C13H19NO2S. The van der Waals surface area contributed by atoms with E-state index in [1.165, 1.54) is 12.2 Å². The Labute approximate surface area is 107 Å². The molecule has 1 fully saturated rings. The Kier molecular flexibility index (Phi) is 5.16. The van der Waals surface area contributed by atoms with Crippen molar-refractivity contribution in [3.8, 4) is 5.75 Å². The summed E-state index contributed by atoms with van der Waals surface area (Å²) >= 11 is 1.97. The van der Waals surface area contributed by atoms with Gasteiger partial charge < -0.3 is 15.2 Å². The van der Waals surface area contributed by atoms with Gasteiger partial charge in [0.15, 0.2) is 0 Å². The van der Waals surface area contributed by atoms with Crippen LogP contribution in [-0.2, 0) is 0 Å². The van der Waals surface area contributed by atoms with E-state index in [2.05, 4.69) is 5.32 Å². The summed E-state index contributed by atoms with van der Waals surface area (Å²) in [5, 5.41) is 13.1. The second kappa shape index (κ2) is 6.89. The smallest absolute Gasteiger partial charge is 0.119 e. The first kappa shape index (κ1) is 12.7. The summed E-state index contributed by atoms with van der Waals surface area (Å²) in [7, 11) is 0. The van der Waals surface area contributed by atoms with E-state index in [1.807, 2.05) is 42.1 Å². The Hall–Kier alpha value is -0.710. The normalized spacial score (nSPS) is 21.4. The standard InChI is InChI=1S/C13H19NO2S/c15-12(8-14-11-6-7-17-10-11)9-16-13-4-2-1-3-5-13/h1-5,11-12,14-15H,6-10H2. The summed E-state index contributed by atoms with van der Waals surface area (Å²) in [4.78, 5) is 0. The molecule has 0 aromatic heterocycles. The molecule has 4 heteroatoms. The molecule has 0 bridgehead atoms. The SMILES string of the molecule is OC(CNC1CCSC1)COc1ccccc1. The van der Waals surface area contributed by atoms with Crippen molar-refractivity contribution in [1.82, 2.24) is 5.32 Å². The summed E-state index contributed by atoms with van der Waals surface area (Å²) in [6.07, 6.45) is 0.762. The van der Waals surface area contributed by atoms with E-state index in [0.717, 1.165) is 11.5 Å². The van der Waals surface area contributed by atoms with E-state index in [9.17, 15) is 5.11 Å². The third-order valence-corrected chi connectivity index (χ3v) is 3.92. The molecule has 2 unspecified atom stereocenters. The number of aliphatic hydroxyl groups excluding tert-OH is 1. The number of aliphatic hydroxyl groups is 1. The van der Waals surface area contributed by atoms with Gasteiger partial charge in [0.2, 0.25) is 0 Å². The van der Waals surface area contributed by atoms with Crippen LogP contribution in [0.2, 0.25) is 0 Å². The summed E-state index contributed by atoms with van der Waals surface area (Å²) in [6.45, 7) is 0.953. The van der Waals surface area contributed by atoms with Gasteiger partial charge in [0.05, 0.1) is 0 Å². The van der Waals surface area contributed by atoms with Gasteiger partial charge in [0.1, 0.15) is 18.5 Å². The maximum Gasteiger partial charge on any atom is 0.119 e. The van der Waals surface area contributed by atoms with E-state index >= 15 is 0 Å². The van der Waals surface area contributed by atoms with Crippen LogP contribution < -0.4 is 10.1 Å². The lowest BCUT2D eigenvalue weighted by molar-refractivity contribution is 0.104. The molecular weight excluding hydrogens is 234 g/mol. The highest BCUT2D eigenvalue weighted by molar-refractivity contribution is 7.99. The molecule has 2 atom stereocenters. The first-order valence-corrected chi connectivity index (χ1v) is 7.17. The quantitative estimate of drug-likeness (QED) is 0.806. The number of hydrogen-bond acceptors (Lipinski definition) is 4. The maximum atomic E-state index is 9.78. The van der Waals surface area contributed by atoms with Crippen molar-refractivity contribution >= 4 is 11.8 Å². The van der Waals surface area contributed by atoms with Crippen molar-refractivity contribution in [2.45, 2.75) is 18.6 Å². The van der Waals surface area contributed by atoms with Crippen LogP contribution in [0.15, 0.2) is 30.3 Å². The van der Waals surface area contributed by atoms with Crippen LogP contribution in [-0.4, -0.2) is 41.9 Å². The minimum atomic E-state index is -0.444. The summed E-state index contributed by atoms with van der Waals surface area (Å²) < 4.78 is 5.49. The van der Waals surface area contributed by atoms with Gasteiger partial charge in [-0.15, -0.1) is 0 Å². The predicted octanol–water partition coefficient (Wildman–Crippen LogP) is 1.52. The molecule has 0 saturated carbocycles. The summed E-state index contributed by atoms with van der Waals surface area (Å²) in [5.74, 6) is 3.20. The largest absolute Gasteiger partial charge is 0.491 e. The van der Waals surface area contributed by atoms with Gasteiger partial charge in [-0.3, -0.25) is 0 Å². The third kappa shape index (κ3) is 4.58. The first-order chi connectivity index (χ1) is 8.34. The van der Waals surface area contributed by atoms with Crippen LogP contribution in [0, 0.1) is 0 Å². The zero-order valence-corrected chi connectivity index (χ0v) is 10.7. The van der Waals surface area contributed by atoms with Crippen molar-refractivity contribution < 1.29 is 9.84 Å². The van der Waals surface area contributed by atoms with Gasteiger partial charge in [-0.1, -0.05) is 18.2 Å². The molecule has 94 valence electrons. The van der Waals surface area contributed by atoms with Crippen molar-refractivity contribution in [1.29, 1.82) is 0 Å². The number of benzene rings is 1.